The van der Waals surface area contributed by atoms with Crippen molar-refractivity contribution in [3.63, 3.8) is 0 Å². The van der Waals surface area contributed by atoms with E-state index in [-0.39, 0.29) is 18.4 Å². The van der Waals surface area contributed by atoms with E-state index in [1.54, 1.807) is 6.07 Å². The molecule has 0 aliphatic carbocycles. The molecule has 1 aromatic heterocycles. The van der Waals surface area contributed by atoms with Crippen molar-refractivity contribution < 1.29 is 9.59 Å². The summed E-state index contributed by atoms with van der Waals surface area (Å²) in [7, 11) is 0. The van der Waals surface area contributed by atoms with Crippen LogP contribution in [0.5, 0.6) is 0 Å². The predicted molar refractivity (Wildman–Crippen MR) is 77.8 cm³/mol. The van der Waals surface area contributed by atoms with Crippen LogP contribution in [0.25, 0.3) is 0 Å². The Bertz CT molecular complexity index is 475. The van der Waals surface area contributed by atoms with Crippen molar-refractivity contribution in [2.24, 2.45) is 0 Å². The first-order valence-electron chi connectivity index (χ1n) is 7.09. The number of carbonyl (C=O) groups excluding carboxylic acids is 2. The standard InChI is InChI=1S/C14H19N3O2S/c18-13(9-16-14(19)12-2-1-7-20-12)17-10-3-4-11(17)8-15-6-5-10/h1-2,7,10-11,15H,3-6,8-9H2,(H,16,19). The van der Waals surface area contributed by atoms with Crippen molar-refractivity contribution in [3.05, 3.63) is 22.4 Å². The smallest absolute Gasteiger partial charge is 0.261 e. The minimum Gasteiger partial charge on any atom is -0.342 e. The molecule has 1 aromatic rings. The van der Waals surface area contributed by atoms with Gasteiger partial charge in [0.05, 0.1) is 11.4 Å². The van der Waals surface area contributed by atoms with Gasteiger partial charge < -0.3 is 15.5 Å². The topological polar surface area (TPSA) is 61.4 Å². The Morgan fingerprint density at radius 2 is 2.20 bits per heavy atom. The molecule has 3 rings (SSSR count). The third-order valence-corrected chi connectivity index (χ3v) is 4.96. The third kappa shape index (κ3) is 2.71. The number of fused-ring (bicyclic) bond motifs is 2. The first kappa shape index (κ1) is 13.6. The SMILES string of the molecule is O=C(NCC(=O)N1C2CCNCC1CC2)c1cccs1. The lowest BCUT2D eigenvalue weighted by molar-refractivity contribution is -0.132. The lowest BCUT2D eigenvalue weighted by atomic mass is 10.1. The number of hydrogen-bond acceptors (Lipinski definition) is 4. The van der Waals surface area contributed by atoms with Crippen LogP contribution in [0.4, 0.5) is 0 Å². The molecule has 2 unspecified atom stereocenters. The van der Waals surface area contributed by atoms with Gasteiger partial charge in [0.2, 0.25) is 5.91 Å². The number of thiophene rings is 1. The van der Waals surface area contributed by atoms with Gasteiger partial charge in [-0.2, -0.15) is 0 Å². The van der Waals surface area contributed by atoms with E-state index in [9.17, 15) is 9.59 Å². The number of rotatable bonds is 3. The monoisotopic (exact) mass is 293 g/mol. The number of nitrogens with zero attached hydrogens (tertiary/aromatic N) is 1. The van der Waals surface area contributed by atoms with E-state index in [4.69, 9.17) is 0 Å². The maximum atomic E-state index is 12.4. The summed E-state index contributed by atoms with van der Waals surface area (Å²) < 4.78 is 0. The zero-order valence-corrected chi connectivity index (χ0v) is 12.1. The summed E-state index contributed by atoms with van der Waals surface area (Å²) in [5.74, 6) is -0.111. The van der Waals surface area contributed by atoms with Crippen LogP contribution in [0.3, 0.4) is 0 Å². The van der Waals surface area contributed by atoms with E-state index in [1.165, 1.54) is 11.3 Å². The Balaban J connectivity index is 1.58. The fraction of sp³-hybridized carbons (Fsp3) is 0.571. The third-order valence-electron chi connectivity index (χ3n) is 4.09. The van der Waals surface area contributed by atoms with E-state index in [2.05, 4.69) is 10.6 Å². The molecule has 2 amide bonds. The van der Waals surface area contributed by atoms with Gasteiger partial charge in [-0.05, 0) is 37.3 Å². The fourth-order valence-corrected chi connectivity index (χ4v) is 3.77. The Morgan fingerprint density at radius 1 is 1.35 bits per heavy atom. The fourth-order valence-electron chi connectivity index (χ4n) is 3.13. The largest absolute Gasteiger partial charge is 0.342 e. The first-order chi connectivity index (χ1) is 9.75. The van der Waals surface area contributed by atoms with Crippen LogP contribution in [0, 0.1) is 0 Å². The maximum absolute atomic E-state index is 12.4. The second kappa shape index (κ2) is 5.93. The molecule has 5 nitrogen and oxygen atoms in total. The van der Waals surface area contributed by atoms with Crippen LogP contribution in [-0.4, -0.2) is 48.4 Å². The van der Waals surface area contributed by atoms with Gasteiger partial charge in [-0.3, -0.25) is 9.59 Å². The molecule has 0 aromatic carbocycles. The minimum atomic E-state index is -0.159. The summed E-state index contributed by atoms with van der Waals surface area (Å²) in [6.45, 7) is 1.96. The summed E-state index contributed by atoms with van der Waals surface area (Å²) in [5, 5.41) is 7.96. The Kier molecular flexibility index (Phi) is 4.03. The lowest BCUT2D eigenvalue weighted by Gasteiger charge is -2.28. The Morgan fingerprint density at radius 3 is 3.00 bits per heavy atom. The van der Waals surface area contributed by atoms with Crippen LogP contribution < -0.4 is 10.6 Å². The van der Waals surface area contributed by atoms with Gasteiger partial charge in [0.25, 0.3) is 5.91 Å². The quantitative estimate of drug-likeness (QED) is 0.868. The van der Waals surface area contributed by atoms with Crippen LogP contribution in [-0.2, 0) is 4.79 Å². The van der Waals surface area contributed by atoms with Crippen molar-refractivity contribution >= 4 is 23.2 Å². The van der Waals surface area contributed by atoms with E-state index in [0.29, 0.717) is 17.0 Å². The van der Waals surface area contributed by atoms with Crippen molar-refractivity contribution in [2.45, 2.75) is 31.3 Å². The van der Waals surface area contributed by atoms with Gasteiger partial charge in [0, 0.05) is 18.6 Å². The molecular weight excluding hydrogens is 274 g/mol. The molecule has 2 aliphatic rings. The first-order valence-corrected chi connectivity index (χ1v) is 7.97. The average Bonchev–Trinajstić information content (AvgIpc) is 3.03. The van der Waals surface area contributed by atoms with Crippen molar-refractivity contribution in [3.8, 4) is 0 Å². The molecule has 3 heterocycles. The van der Waals surface area contributed by atoms with Crippen molar-refractivity contribution in [2.75, 3.05) is 19.6 Å². The van der Waals surface area contributed by atoms with E-state index < -0.39 is 0 Å². The summed E-state index contributed by atoms with van der Waals surface area (Å²) in [4.78, 5) is 26.9. The Labute approximate surface area is 122 Å². The molecule has 6 heteroatoms. The highest BCUT2D eigenvalue weighted by Crippen LogP contribution is 2.27. The van der Waals surface area contributed by atoms with E-state index >= 15 is 0 Å². The van der Waals surface area contributed by atoms with Crippen LogP contribution in [0.15, 0.2) is 17.5 Å². The van der Waals surface area contributed by atoms with Crippen LogP contribution in [0.1, 0.15) is 28.9 Å². The molecule has 2 bridgehead atoms. The Hall–Kier alpha value is -1.40. The maximum Gasteiger partial charge on any atom is 0.261 e. The molecule has 0 radical (unpaired) electrons. The van der Waals surface area contributed by atoms with Gasteiger partial charge in [0.15, 0.2) is 0 Å². The molecule has 2 aliphatic heterocycles. The molecule has 20 heavy (non-hydrogen) atoms. The highest BCUT2D eigenvalue weighted by atomic mass is 32.1. The van der Waals surface area contributed by atoms with Crippen molar-refractivity contribution in [1.29, 1.82) is 0 Å². The van der Waals surface area contributed by atoms with Gasteiger partial charge in [-0.1, -0.05) is 6.07 Å². The highest BCUT2D eigenvalue weighted by Gasteiger charge is 2.37. The molecule has 2 atom stereocenters. The van der Waals surface area contributed by atoms with E-state index in [1.807, 2.05) is 16.3 Å². The second-order valence-electron chi connectivity index (χ2n) is 5.34. The normalized spacial score (nSPS) is 25.3. The summed E-state index contributed by atoms with van der Waals surface area (Å²) in [6.07, 6.45) is 3.18. The zero-order valence-electron chi connectivity index (χ0n) is 11.3. The summed E-state index contributed by atoms with van der Waals surface area (Å²) in [5.41, 5.74) is 0. The van der Waals surface area contributed by atoms with Crippen molar-refractivity contribution in [1.82, 2.24) is 15.5 Å². The van der Waals surface area contributed by atoms with Crippen LogP contribution >= 0.6 is 11.3 Å². The number of amides is 2. The number of nitrogens with one attached hydrogen (secondary N) is 2. The second-order valence-corrected chi connectivity index (χ2v) is 6.29. The van der Waals surface area contributed by atoms with Crippen LogP contribution in [0.2, 0.25) is 0 Å². The molecule has 2 fully saturated rings. The van der Waals surface area contributed by atoms with Gasteiger partial charge in [-0.15, -0.1) is 11.3 Å². The lowest BCUT2D eigenvalue weighted by Crippen LogP contribution is -2.47. The molecule has 2 saturated heterocycles. The van der Waals surface area contributed by atoms with Gasteiger partial charge in [0.1, 0.15) is 0 Å². The molecular formula is C14H19N3O2S. The number of hydrogen-bond donors (Lipinski definition) is 2. The molecule has 0 saturated carbocycles. The van der Waals surface area contributed by atoms with Gasteiger partial charge >= 0.3 is 0 Å². The van der Waals surface area contributed by atoms with E-state index in [0.717, 1.165) is 32.4 Å². The predicted octanol–water partition coefficient (Wildman–Crippen LogP) is 0.831. The molecule has 2 N–H and O–H groups in total. The zero-order chi connectivity index (χ0) is 13.9. The van der Waals surface area contributed by atoms with Gasteiger partial charge in [-0.25, -0.2) is 0 Å². The summed E-state index contributed by atoms with van der Waals surface area (Å²) in [6, 6.07) is 4.25. The molecule has 0 spiro atoms. The summed E-state index contributed by atoms with van der Waals surface area (Å²) >= 11 is 1.39. The average molecular weight is 293 g/mol. The molecule has 108 valence electrons. The minimum absolute atomic E-state index is 0.0473. The highest BCUT2D eigenvalue weighted by molar-refractivity contribution is 7.12. The number of carbonyl (C=O) groups is 2.